The number of rotatable bonds is 6. The third kappa shape index (κ3) is 3.43. The van der Waals surface area contributed by atoms with Crippen molar-refractivity contribution in [2.24, 2.45) is 0 Å². The van der Waals surface area contributed by atoms with Gasteiger partial charge in [0.15, 0.2) is 0 Å². The molecule has 0 saturated carbocycles. The molecule has 0 bridgehead atoms. The number of fused-ring (bicyclic) bond motifs is 1. The molecular weight excluding hydrogens is 358 g/mol. The molecule has 1 N–H and O–H groups in total. The van der Waals surface area contributed by atoms with Gasteiger partial charge in [-0.1, -0.05) is 6.07 Å². The third-order valence-electron chi connectivity index (χ3n) is 4.81. The molecular formula is C21H23N3O4. The van der Waals surface area contributed by atoms with Gasteiger partial charge in [-0.3, -0.25) is 14.9 Å². The Hall–Kier alpha value is -3.35. The minimum Gasteiger partial charge on any atom is -0.494 e. The smallest absolute Gasteiger partial charge is 0.272 e. The van der Waals surface area contributed by atoms with Gasteiger partial charge in [0.05, 0.1) is 17.2 Å². The van der Waals surface area contributed by atoms with E-state index in [-0.39, 0.29) is 11.6 Å². The van der Waals surface area contributed by atoms with Gasteiger partial charge in [-0.25, -0.2) is 0 Å². The molecule has 3 aromatic rings. The van der Waals surface area contributed by atoms with E-state index in [0.29, 0.717) is 24.5 Å². The Morgan fingerprint density at radius 2 is 1.93 bits per heavy atom. The molecule has 7 heteroatoms. The predicted molar refractivity (Wildman–Crippen MR) is 109 cm³/mol. The SMILES string of the molecule is CCOc1ccc2c(c1)c(C)c(C(=O)Nc1cc([N+](=O)[O-])ccc1C)n2CC. The monoisotopic (exact) mass is 381 g/mol. The average Bonchev–Trinajstić information content (AvgIpc) is 2.95. The highest BCUT2D eigenvalue weighted by molar-refractivity contribution is 6.08. The molecule has 1 aromatic heterocycles. The molecule has 0 unspecified atom stereocenters. The van der Waals surface area contributed by atoms with Crippen LogP contribution < -0.4 is 10.1 Å². The van der Waals surface area contributed by atoms with Gasteiger partial charge in [0.25, 0.3) is 11.6 Å². The molecule has 7 nitrogen and oxygen atoms in total. The van der Waals surface area contributed by atoms with Gasteiger partial charge in [-0.15, -0.1) is 0 Å². The number of hydrogen-bond acceptors (Lipinski definition) is 4. The minimum atomic E-state index is -0.474. The Kier molecular flexibility index (Phi) is 5.35. The van der Waals surface area contributed by atoms with Crippen molar-refractivity contribution >= 4 is 28.2 Å². The van der Waals surface area contributed by atoms with E-state index < -0.39 is 4.92 Å². The summed E-state index contributed by atoms with van der Waals surface area (Å²) >= 11 is 0. The number of nitro groups is 1. The van der Waals surface area contributed by atoms with E-state index >= 15 is 0 Å². The number of carbonyl (C=O) groups is 1. The quantitative estimate of drug-likeness (QED) is 0.489. The van der Waals surface area contributed by atoms with Crippen LogP contribution in [0.15, 0.2) is 36.4 Å². The number of nitro benzene ring substituents is 1. The largest absolute Gasteiger partial charge is 0.494 e. The Balaban J connectivity index is 2.05. The Bertz CT molecular complexity index is 1070. The van der Waals surface area contributed by atoms with Crippen LogP contribution in [0, 0.1) is 24.0 Å². The van der Waals surface area contributed by atoms with Crippen LogP contribution >= 0.6 is 0 Å². The number of amides is 1. The van der Waals surface area contributed by atoms with Crippen LogP contribution in [0.2, 0.25) is 0 Å². The molecule has 2 aromatic carbocycles. The molecule has 1 amide bonds. The Morgan fingerprint density at radius 3 is 2.57 bits per heavy atom. The van der Waals surface area contributed by atoms with Gasteiger partial charge in [-0.05, 0) is 57.0 Å². The third-order valence-corrected chi connectivity index (χ3v) is 4.81. The summed E-state index contributed by atoms with van der Waals surface area (Å²) in [7, 11) is 0. The first-order valence-corrected chi connectivity index (χ1v) is 9.19. The molecule has 28 heavy (non-hydrogen) atoms. The van der Waals surface area contributed by atoms with Crippen molar-refractivity contribution < 1.29 is 14.5 Å². The molecule has 0 saturated heterocycles. The van der Waals surface area contributed by atoms with Crippen molar-refractivity contribution in [2.45, 2.75) is 34.2 Å². The van der Waals surface area contributed by atoms with E-state index in [1.807, 2.05) is 43.5 Å². The van der Waals surface area contributed by atoms with E-state index in [0.717, 1.165) is 27.8 Å². The average molecular weight is 381 g/mol. The lowest BCUT2D eigenvalue weighted by Crippen LogP contribution is -2.18. The second-order valence-corrected chi connectivity index (χ2v) is 6.54. The highest BCUT2D eigenvalue weighted by Crippen LogP contribution is 2.30. The summed E-state index contributed by atoms with van der Waals surface area (Å²) in [4.78, 5) is 23.7. The van der Waals surface area contributed by atoms with Crippen LogP contribution in [0.3, 0.4) is 0 Å². The zero-order valence-corrected chi connectivity index (χ0v) is 16.4. The van der Waals surface area contributed by atoms with Gasteiger partial charge in [0, 0.05) is 29.6 Å². The number of anilines is 1. The standard InChI is InChI=1S/C21H23N3O4/c1-5-23-19-10-9-16(28-6-2)12-17(19)14(4)20(23)21(25)22-18-11-15(24(26)27)8-7-13(18)3/h7-12H,5-6H2,1-4H3,(H,22,25). The number of aromatic nitrogens is 1. The molecule has 146 valence electrons. The Labute approximate surface area is 163 Å². The van der Waals surface area contributed by atoms with Crippen LogP contribution in [-0.2, 0) is 6.54 Å². The molecule has 0 fully saturated rings. The van der Waals surface area contributed by atoms with E-state index in [1.165, 1.54) is 12.1 Å². The normalized spacial score (nSPS) is 10.9. The highest BCUT2D eigenvalue weighted by atomic mass is 16.6. The number of aryl methyl sites for hydroxylation is 3. The van der Waals surface area contributed by atoms with E-state index in [2.05, 4.69) is 5.32 Å². The summed E-state index contributed by atoms with van der Waals surface area (Å²) in [6.45, 7) is 8.79. The van der Waals surface area contributed by atoms with Crippen molar-refractivity contribution in [1.82, 2.24) is 4.57 Å². The van der Waals surface area contributed by atoms with Gasteiger partial charge in [0.2, 0.25) is 0 Å². The fourth-order valence-corrected chi connectivity index (χ4v) is 3.42. The summed E-state index contributed by atoms with van der Waals surface area (Å²) in [5.41, 5.74) is 3.46. The van der Waals surface area contributed by atoms with Gasteiger partial charge >= 0.3 is 0 Å². The number of benzene rings is 2. The maximum absolute atomic E-state index is 13.1. The summed E-state index contributed by atoms with van der Waals surface area (Å²) in [6.07, 6.45) is 0. The predicted octanol–water partition coefficient (Wildman–Crippen LogP) is 4.84. The zero-order valence-electron chi connectivity index (χ0n) is 16.4. The van der Waals surface area contributed by atoms with Crippen molar-refractivity contribution in [3.05, 3.63) is 63.3 Å². The van der Waals surface area contributed by atoms with Crippen LogP contribution in [0.4, 0.5) is 11.4 Å². The number of nitrogens with zero attached hydrogens (tertiary/aromatic N) is 2. The topological polar surface area (TPSA) is 86.4 Å². The molecule has 0 radical (unpaired) electrons. The summed E-state index contributed by atoms with van der Waals surface area (Å²) in [6, 6.07) is 10.2. The second-order valence-electron chi connectivity index (χ2n) is 6.54. The number of non-ortho nitro benzene ring substituents is 1. The Morgan fingerprint density at radius 1 is 1.18 bits per heavy atom. The molecule has 0 aliphatic rings. The van der Waals surface area contributed by atoms with Gasteiger partial charge in [0.1, 0.15) is 11.4 Å². The highest BCUT2D eigenvalue weighted by Gasteiger charge is 2.21. The fourth-order valence-electron chi connectivity index (χ4n) is 3.42. The van der Waals surface area contributed by atoms with Crippen LogP contribution in [-0.4, -0.2) is 22.0 Å². The second kappa shape index (κ2) is 7.72. The maximum atomic E-state index is 13.1. The molecule has 3 rings (SSSR count). The zero-order chi connectivity index (χ0) is 20.4. The lowest BCUT2D eigenvalue weighted by atomic mass is 10.1. The minimum absolute atomic E-state index is 0.0602. The number of ether oxygens (including phenoxy) is 1. The molecule has 0 aliphatic heterocycles. The van der Waals surface area contributed by atoms with E-state index in [9.17, 15) is 14.9 Å². The van der Waals surface area contributed by atoms with Gasteiger partial charge in [-0.2, -0.15) is 0 Å². The lowest BCUT2D eigenvalue weighted by Gasteiger charge is -2.11. The first-order chi connectivity index (χ1) is 13.4. The first kappa shape index (κ1) is 19.4. The summed E-state index contributed by atoms with van der Waals surface area (Å²) in [5.74, 6) is 0.463. The summed E-state index contributed by atoms with van der Waals surface area (Å²) in [5, 5.41) is 14.8. The van der Waals surface area contributed by atoms with Crippen molar-refractivity contribution in [1.29, 1.82) is 0 Å². The number of hydrogen-bond donors (Lipinski definition) is 1. The first-order valence-electron chi connectivity index (χ1n) is 9.19. The summed E-state index contributed by atoms with van der Waals surface area (Å²) < 4.78 is 7.53. The van der Waals surface area contributed by atoms with Crippen molar-refractivity contribution in [3.8, 4) is 5.75 Å². The van der Waals surface area contributed by atoms with E-state index in [4.69, 9.17) is 4.74 Å². The van der Waals surface area contributed by atoms with E-state index in [1.54, 1.807) is 13.0 Å². The van der Waals surface area contributed by atoms with Crippen molar-refractivity contribution in [3.63, 3.8) is 0 Å². The molecule has 1 heterocycles. The van der Waals surface area contributed by atoms with Gasteiger partial charge < -0.3 is 14.6 Å². The number of carbonyl (C=O) groups excluding carboxylic acids is 1. The molecule has 0 aliphatic carbocycles. The number of nitrogens with one attached hydrogen (secondary N) is 1. The van der Waals surface area contributed by atoms with Crippen molar-refractivity contribution in [2.75, 3.05) is 11.9 Å². The van der Waals surface area contributed by atoms with Crippen LogP contribution in [0.5, 0.6) is 5.75 Å². The van der Waals surface area contributed by atoms with Crippen LogP contribution in [0.25, 0.3) is 10.9 Å². The maximum Gasteiger partial charge on any atom is 0.272 e. The fraction of sp³-hybridized carbons (Fsp3) is 0.286. The molecule has 0 spiro atoms. The molecule has 0 atom stereocenters. The lowest BCUT2D eigenvalue weighted by molar-refractivity contribution is -0.384. The van der Waals surface area contributed by atoms with Crippen LogP contribution in [0.1, 0.15) is 35.5 Å².